The molecule has 2 saturated heterocycles. The van der Waals surface area contributed by atoms with E-state index in [2.05, 4.69) is 77.6 Å². The number of ketones is 2. The van der Waals surface area contributed by atoms with Crippen molar-refractivity contribution in [1.82, 2.24) is 76.8 Å². The smallest absolute Gasteiger partial charge is 0.317 e. The Morgan fingerprint density at radius 3 is 1.40 bits per heavy atom. The number of aliphatic carboxylic acids is 4. The Hall–Kier alpha value is -9.45. The van der Waals surface area contributed by atoms with E-state index in [1.165, 1.54) is 0 Å². The molecule has 33 heteroatoms. The number of carbonyl (C=O) groups excluding carboxylic acids is 3. The van der Waals surface area contributed by atoms with Gasteiger partial charge in [-0.05, 0) is 168 Å². The number of aromatic nitrogens is 8. The molecule has 0 amide bonds. The average molecular weight is 1500 g/mol. The highest BCUT2D eigenvalue weighted by Crippen LogP contribution is 2.23. The number of hydrogen-bond donors (Lipinski definition) is 12. The molecule has 8 rings (SSSR count). The maximum Gasteiger partial charge on any atom is 0.317 e. The van der Waals surface area contributed by atoms with Crippen LogP contribution in [-0.2, 0) is 64.1 Å². The minimum absolute atomic E-state index is 0.0264. The second kappa shape index (κ2) is 45.1. The molecule has 2 aromatic heterocycles. The topological polar surface area (TPSA) is 447 Å². The quantitative estimate of drug-likeness (QED) is 0.0146. The fraction of sp³-hybridized carbons (Fsp3) is 0.493. The van der Waals surface area contributed by atoms with Crippen molar-refractivity contribution < 1.29 is 58.7 Å². The lowest BCUT2D eigenvalue weighted by Gasteiger charge is -2.31. The van der Waals surface area contributed by atoms with Crippen LogP contribution in [0.5, 0.6) is 0 Å². The number of aryl methyl sites for hydroxylation is 4. The summed E-state index contributed by atoms with van der Waals surface area (Å²) in [5, 5.41) is 90.1. The van der Waals surface area contributed by atoms with Gasteiger partial charge in [0.15, 0.2) is 21.9 Å². The molecular weight excluding hydrogens is 1400 g/mol. The minimum atomic E-state index is -0.975. The van der Waals surface area contributed by atoms with E-state index in [1.807, 2.05) is 107 Å². The standard InChI is InChI=1S/C38H51N9O7S.C35H48N10O5S/c1-24-44-46-37(47-45-24)28-11-5-25(6-12-28)10-16-34(49)31(39)4-2-3-17-40-38(55)43-29-13-7-26(8-14-29)18-33-32(20-36(52)53)41-21-27(19-35(50)51)9-15-30(42-33)22-54-23-48;1-25-39-41-34(42-40-25)28-10-5-26(6-11-28)9-14-31(46)30(36)4-2-3-15-37-35(51)38-29-12-7-27(8-13-29)22-43-16-18-44(23-32(47)48)20-21-45(19-17-43)24-33(49)50/h5-8,11-14,23,27,30-33,41-42H,2-4,9-10,15-22,39H2,1H3,(H,50,51)(H,52,53)(H2,40,43,55);5-8,10-13,30H,2-4,9,14-24,36H2,1H3,(H,47,48)(H,49,50)(H2,37,38,51). The van der Waals surface area contributed by atoms with Crippen molar-refractivity contribution in [2.24, 2.45) is 17.4 Å². The molecule has 0 bridgehead atoms. The van der Waals surface area contributed by atoms with E-state index in [-0.39, 0.29) is 62.1 Å². The van der Waals surface area contributed by atoms with Crippen LogP contribution < -0.4 is 43.4 Å². The number of carbonyl (C=O) groups is 7. The van der Waals surface area contributed by atoms with Crippen molar-refractivity contribution in [3.8, 4) is 22.8 Å². The fourth-order valence-electron chi connectivity index (χ4n) is 12.2. The van der Waals surface area contributed by atoms with Crippen LogP contribution in [0.15, 0.2) is 97.1 Å². The number of Topliss-reactive ketones (excluding diaryl/α,β-unsaturated/α-hetero) is 2. The third kappa shape index (κ3) is 31.7. The summed E-state index contributed by atoms with van der Waals surface area (Å²) in [5.74, 6) is -1.87. The van der Waals surface area contributed by atoms with Crippen molar-refractivity contribution in [2.45, 2.75) is 147 Å². The van der Waals surface area contributed by atoms with Crippen LogP contribution in [0, 0.1) is 19.8 Å². The number of unbranched alkanes of at least 4 members (excludes halogenated alkanes) is 2. The molecule has 6 atom stereocenters. The lowest BCUT2D eigenvalue weighted by atomic mass is 9.95. The van der Waals surface area contributed by atoms with Crippen LogP contribution in [0.1, 0.15) is 111 Å². The van der Waals surface area contributed by atoms with Crippen molar-refractivity contribution in [3.63, 3.8) is 0 Å². The van der Waals surface area contributed by atoms with Crippen molar-refractivity contribution in [2.75, 3.05) is 89.2 Å². The number of benzene rings is 4. The highest BCUT2D eigenvalue weighted by Gasteiger charge is 2.31. The Morgan fingerprint density at radius 2 is 0.972 bits per heavy atom. The van der Waals surface area contributed by atoms with E-state index in [0.717, 1.165) is 70.4 Å². The molecule has 6 aromatic rings. The highest BCUT2D eigenvalue weighted by atomic mass is 32.1. The van der Waals surface area contributed by atoms with Gasteiger partial charge in [-0.2, -0.15) is 0 Å². The summed E-state index contributed by atoms with van der Waals surface area (Å²) in [6, 6.07) is 28.8. The van der Waals surface area contributed by atoms with Gasteiger partial charge in [0.25, 0.3) is 6.47 Å². The van der Waals surface area contributed by atoms with E-state index < -0.39 is 42.0 Å². The molecular formula is C73H99N19O12S2. The highest BCUT2D eigenvalue weighted by molar-refractivity contribution is 7.80. The molecule has 2 aliphatic rings. The summed E-state index contributed by atoms with van der Waals surface area (Å²) in [4.78, 5) is 88.1. The van der Waals surface area contributed by atoms with Gasteiger partial charge in [0.05, 0.1) is 31.6 Å². The third-order valence-corrected chi connectivity index (χ3v) is 18.6. The van der Waals surface area contributed by atoms with Crippen LogP contribution in [0.2, 0.25) is 0 Å². The van der Waals surface area contributed by atoms with Crippen LogP contribution >= 0.6 is 24.4 Å². The van der Waals surface area contributed by atoms with E-state index in [4.69, 9.17) is 40.6 Å². The predicted molar refractivity (Wildman–Crippen MR) is 406 cm³/mol. The van der Waals surface area contributed by atoms with Crippen LogP contribution in [0.25, 0.3) is 22.8 Å². The number of nitrogens with two attached hydrogens (primary N) is 2. The Morgan fingerprint density at radius 1 is 0.547 bits per heavy atom. The first-order valence-corrected chi connectivity index (χ1v) is 36.5. The molecule has 4 heterocycles. The number of thiocarbonyl (C=S) groups is 2. The van der Waals surface area contributed by atoms with Crippen molar-refractivity contribution >= 4 is 88.0 Å². The van der Waals surface area contributed by atoms with E-state index in [9.17, 15) is 54.0 Å². The molecule has 0 radical (unpaired) electrons. The monoisotopic (exact) mass is 1500 g/mol. The fourth-order valence-corrected chi connectivity index (χ4v) is 12.6. The first-order chi connectivity index (χ1) is 51.0. The van der Waals surface area contributed by atoms with Crippen LogP contribution in [-0.4, -0.2) is 237 Å². The number of nitrogens with zero attached hydrogens (tertiary/aromatic N) is 11. The summed E-state index contributed by atoms with van der Waals surface area (Å²) in [6.07, 6.45) is 7.71. The van der Waals surface area contributed by atoms with E-state index in [0.29, 0.717) is 163 Å². The summed E-state index contributed by atoms with van der Waals surface area (Å²) in [7, 11) is 0. The lowest BCUT2D eigenvalue weighted by Crippen LogP contribution is -2.53. The van der Waals surface area contributed by atoms with Gasteiger partial charge in [-0.25, -0.2) is 0 Å². The normalized spacial score (nSPS) is 17.3. The second-order valence-electron chi connectivity index (χ2n) is 26.6. The number of ether oxygens (including phenoxy) is 1. The molecule has 2 fully saturated rings. The molecule has 14 N–H and O–H groups in total. The van der Waals surface area contributed by atoms with Gasteiger partial charge in [-0.3, -0.25) is 48.3 Å². The van der Waals surface area contributed by atoms with Crippen molar-refractivity contribution in [1.29, 1.82) is 0 Å². The zero-order chi connectivity index (χ0) is 76.2. The second-order valence-corrected chi connectivity index (χ2v) is 27.4. The summed E-state index contributed by atoms with van der Waals surface area (Å²) in [6.45, 7) is 9.62. The van der Waals surface area contributed by atoms with E-state index >= 15 is 0 Å². The summed E-state index contributed by atoms with van der Waals surface area (Å²) in [5.41, 5.74) is 19.7. The van der Waals surface area contributed by atoms with Gasteiger partial charge >= 0.3 is 23.9 Å². The Bertz CT molecular complexity index is 3730. The number of anilines is 2. The van der Waals surface area contributed by atoms with Crippen LogP contribution in [0.4, 0.5) is 11.4 Å². The Labute approximate surface area is 627 Å². The number of carboxylic acids is 4. The van der Waals surface area contributed by atoms with E-state index in [1.54, 1.807) is 13.8 Å². The maximum absolute atomic E-state index is 12.7. The first kappa shape index (κ1) is 83.8. The van der Waals surface area contributed by atoms with Gasteiger partial charge in [0.2, 0.25) is 11.6 Å². The van der Waals surface area contributed by atoms with Gasteiger partial charge in [0.1, 0.15) is 18.2 Å². The number of nitrogens with one attached hydrogen (secondary N) is 6. The number of hydrogen-bond acceptors (Lipinski definition) is 25. The van der Waals surface area contributed by atoms with Gasteiger partial charge < -0.3 is 68.5 Å². The Balaban J connectivity index is 0.000000297. The maximum atomic E-state index is 12.7. The minimum Gasteiger partial charge on any atom is -0.481 e. The molecule has 0 saturated carbocycles. The van der Waals surface area contributed by atoms with Crippen molar-refractivity contribution in [3.05, 3.63) is 131 Å². The number of carboxylic acid groups (broad SMARTS) is 4. The largest absolute Gasteiger partial charge is 0.481 e. The predicted octanol–water partition coefficient (Wildman–Crippen LogP) is 4.40. The molecule has 570 valence electrons. The first-order valence-electron chi connectivity index (χ1n) is 35.7. The third-order valence-electron chi connectivity index (χ3n) is 18.1. The molecule has 31 nitrogen and oxygen atoms in total. The Kier molecular flexibility index (Phi) is 35.7. The molecule has 2 aliphatic heterocycles. The van der Waals surface area contributed by atoms with Gasteiger partial charge in [-0.15, -0.1) is 40.8 Å². The van der Waals surface area contributed by atoms with Gasteiger partial charge in [-0.1, -0.05) is 72.8 Å². The summed E-state index contributed by atoms with van der Waals surface area (Å²) >= 11 is 11.0. The molecule has 0 spiro atoms. The SMILES string of the molecule is Cc1nnc(-c2ccc(CCC(=O)C(N)CCCCNC(=S)Nc3ccc(CC4NC(COC=O)CCC(CC(=O)O)CNC4CC(=O)O)cc3)cc2)nn1.Cc1nnc(-c2ccc(CCC(=O)C(N)CCCCNC(=S)Nc3ccc(CN4CCN(CC(=O)O)CCN(CC(=O)O)CC4)cc3)cc2)nn1. The molecule has 6 unspecified atom stereocenters. The lowest BCUT2D eigenvalue weighted by molar-refractivity contribution is -0.140. The molecule has 0 aliphatic carbocycles. The average Bonchev–Trinajstić information content (AvgIpc) is 1.41. The number of rotatable bonds is 37. The molecule has 106 heavy (non-hydrogen) atoms. The molecule has 4 aromatic carbocycles. The zero-order valence-electron chi connectivity index (χ0n) is 60.0. The van der Waals surface area contributed by atoms with Gasteiger partial charge in [0, 0.05) is 119 Å². The summed E-state index contributed by atoms with van der Waals surface area (Å²) < 4.78 is 5.05. The van der Waals surface area contributed by atoms with Crippen LogP contribution in [0.3, 0.4) is 0 Å². The zero-order valence-corrected chi connectivity index (χ0v) is 61.7.